The second-order valence-electron chi connectivity index (χ2n) is 13.1. The highest BCUT2D eigenvalue weighted by atomic mass is 16.3. The van der Waals surface area contributed by atoms with E-state index in [9.17, 15) is 0 Å². The average molecular weight is 625 g/mol. The highest BCUT2D eigenvalue weighted by molar-refractivity contribution is 6.22. The van der Waals surface area contributed by atoms with Crippen molar-refractivity contribution in [2.45, 2.75) is 12.8 Å². The van der Waals surface area contributed by atoms with Gasteiger partial charge in [0.05, 0.1) is 0 Å². The number of aryl methyl sites for hydroxylation is 1. The lowest BCUT2D eigenvalue weighted by molar-refractivity contribution is 0.661. The van der Waals surface area contributed by atoms with Crippen molar-refractivity contribution in [3.05, 3.63) is 175 Å². The van der Waals surface area contributed by atoms with Crippen LogP contribution < -0.4 is 0 Å². The molecule has 0 radical (unpaired) electrons. The van der Waals surface area contributed by atoms with Crippen LogP contribution in [0.2, 0.25) is 0 Å². The van der Waals surface area contributed by atoms with Gasteiger partial charge in [-0.3, -0.25) is 0 Å². The van der Waals surface area contributed by atoms with Gasteiger partial charge in [-0.2, -0.15) is 0 Å². The first-order chi connectivity index (χ1) is 24.3. The molecule has 10 rings (SSSR count). The summed E-state index contributed by atoms with van der Waals surface area (Å²) in [7, 11) is 0. The summed E-state index contributed by atoms with van der Waals surface area (Å²) in [5, 5.41) is 7.43. The Kier molecular flexibility index (Phi) is 6.38. The minimum atomic E-state index is 0.947. The summed E-state index contributed by atoms with van der Waals surface area (Å²) in [6.45, 7) is 0. The van der Waals surface area contributed by atoms with Crippen LogP contribution in [-0.2, 0) is 6.42 Å². The third-order valence-electron chi connectivity index (χ3n) is 10.4. The van der Waals surface area contributed by atoms with Crippen LogP contribution in [0.1, 0.15) is 17.5 Å². The number of furan rings is 1. The lowest BCUT2D eigenvalue weighted by atomic mass is 9.83. The van der Waals surface area contributed by atoms with Gasteiger partial charge in [-0.05, 0) is 96.6 Å². The van der Waals surface area contributed by atoms with Gasteiger partial charge >= 0.3 is 0 Å². The van der Waals surface area contributed by atoms with E-state index in [1.807, 2.05) is 0 Å². The molecule has 1 heterocycles. The Labute approximate surface area is 285 Å². The van der Waals surface area contributed by atoms with Gasteiger partial charge in [0.1, 0.15) is 11.2 Å². The third-order valence-corrected chi connectivity index (χ3v) is 10.4. The summed E-state index contributed by atoms with van der Waals surface area (Å²) >= 11 is 0. The van der Waals surface area contributed by atoms with E-state index >= 15 is 0 Å². The van der Waals surface area contributed by atoms with Crippen molar-refractivity contribution in [1.29, 1.82) is 0 Å². The molecule has 0 atom stereocenters. The van der Waals surface area contributed by atoms with Gasteiger partial charge in [0.2, 0.25) is 0 Å². The predicted molar refractivity (Wildman–Crippen MR) is 208 cm³/mol. The minimum Gasteiger partial charge on any atom is -0.456 e. The Balaban J connectivity index is 1.16. The first-order valence-corrected chi connectivity index (χ1v) is 17.2. The zero-order valence-electron chi connectivity index (χ0n) is 27.0. The van der Waals surface area contributed by atoms with Crippen molar-refractivity contribution in [3.8, 4) is 44.5 Å². The molecule has 9 aromatic rings. The van der Waals surface area contributed by atoms with Gasteiger partial charge in [0.15, 0.2) is 0 Å². The molecule has 0 aliphatic heterocycles. The van der Waals surface area contributed by atoms with Crippen LogP contribution in [0.5, 0.6) is 0 Å². The lowest BCUT2D eigenvalue weighted by Gasteiger charge is -2.20. The zero-order valence-corrected chi connectivity index (χ0v) is 27.0. The minimum absolute atomic E-state index is 0.947. The van der Waals surface area contributed by atoms with E-state index in [1.54, 1.807) is 0 Å². The summed E-state index contributed by atoms with van der Waals surface area (Å²) in [6.07, 6.45) is 6.56. The van der Waals surface area contributed by atoms with Crippen LogP contribution in [0.4, 0.5) is 0 Å². The normalized spacial score (nSPS) is 12.7. The van der Waals surface area contributed by atoms with Crippen LogP contribution in [-0.4, -0.2) is 0 Å². The molecule has 8 aromatic carbocycles. The molecule has 1 aliphatic rings. The molecule has 0 saturated carbocycles. The number of hydrogen-bond acceptors (Lipinski definition) is 1. The first-order valence-electron chi connectivity index (χ1n) is 17.2. The molecule has 0 N–H and O–H groups in total. The fraction of sp³-hybridized carbons (Fsp3) is 0.0417. The van der Waals surface area contributed by atoms with E-state index in [4.69, 9.17) is 4.42 Å². The SMILES string of the molecule is C1=Cc2ccc3c(oc4cccc(-c5ccc(-c6c7ccccc7c(-c7ccccc7-c7ccccc7)c7ccccc67)cc5)c43)c2CC1. The maximum Gasteiger partial charge on any atom is 0.139 e. The third kappa shape index (κ3) is 4.40. The highest BCUT2D eigenvalue weighted by Gasteiger charge is 2.20. The zero-order chi connectivity index (χ0) is 32.3. The topological polar surface area (TPSA) is 13.1 Å². The van der Waals surface area contributed by atoms with Crippen molar-refractivity contribution in [2.24, 2.45) is 0 Å². The quantitative estimate of drug-likeness (QED) is 0.178. The molecule has 1 aliphatic carbocycles. The molecule has 0 fully saturated rings. The van der Waals surface area contributed by atoms with Crippen molar-refractivity contribution < 1.29 is 4.42 Å². The molecular formula is C48H32O. The highest BCUT2D eigenvalue weighted by Crippen LogP contribution is 2.47. The van der Waals surface area contributed by atoms with Crippen molar-refractivity contribution in [3.63, 3.8) is 0 Å². The van der Waals surface area contributed by atoms with Crippen LogP contribution in [0, 0.1) is 0 Å². The first kappa shape index (κ1) is 27.9. The largest absolute Gasteiger partial charge is 0.456 e. The maximum atomic E-state index is 6.55. The number of fused-ring (bicyclic) bond motifs is 7. The Bertz CT molecular complexity index is 2690. The summed E-state index contributed by atoms with van der Waals surface area (Å²) in [5.41, 5.74) is 14.5. The number of allylic oxidation sites excluding steroid dienone is 1. The number of benzene rings is 8. The standard InChI is InChI=1S/C48H32O/c1-2-13-31(14-3-1)35-16-6-7-18-38(35)46-41-21-10-8-19-39(41)45(40-20-9-11-22-42(40)46)34-27-25-33(26-28-34)36-23-12-24-44-47(36)43-30-29-32-15-4-5-17-37(32)48(43)49-44/h1-4,6-16,18-30H,5,17H2. The molecule has 0 amide bonds. The molecule has 1 aromatic heterocycles. The van der Waals surface area contributed by atoms with Gasteiger partial charge in [-0.25, -0.2) is 0 Å². The molecule has 1 heteroatoms. The van der Waals surface area contributed by atoms with Crippen LogP contribution in [0.25, 0.3) is 94.1 Å². The van der Waals surface area contributed by atoms with Crippen molar-refractivity contribution in [1.82, 2.24) is 0 Å². The van der Waals surface area contributed by atoms with Crippen molar-refractivity contribution in [2.75, 3.05) is 0 Å². The van der Waals surface area contributed by atoms with E-state index in [2.05, 4.69) is 170 Å². The number of rotatable bonds is 4. The van der Waals surface area contributed by atoms with E-state index in [0.29, 0.717) is 0 Å². The van der Waals surface area contributed by atoms with Gasteiger partial charge in [0, 0.05) is 16.3 Å². The fourth-order valence-corrected chi connectivity index (χ4v) is 8.17. The smallest absolute Gasteiger partial charge is 0.139 e. The van der Waals surface area contributed by atoms with Crippen molar-refractivity contribution >= 4 is 49.6 Å². The number of hydrogen-bond donors (Lipinski definition) is 0. The summed E-state index contributed by atoms with van der Waals surface area (Å²) in [6, 6.07) is 57.5. The average Bonchev–Trinajstić information content (AvgIpc) is 3.57. The van der Waals surface area contributed by atoms with Gasteiger partial charge < -0.3 is 4.42 Å². The van der Waals surface area contributed by atoms with Gasteiger partial charge in [-0.1, -0.05) is 158 Å². The van der Waals surface area contributed by atoms with Gasteiger partial charge in [0.25, 0.3) is 0 Å². The molecule has 0 saturated heterocycles. The summed E-state index contributed by atoms with van der Waals surface area (Å²) in [4.78, 5) is 0. The van der Waals surface area contributed by atoms with E-state index in [1.165, 1.54) is 88.0 Å². The van der Waals surface area contributed by atoms with E-state index in [0.717, 1.165) is 24.0 Å². The molecule has 230 valence electrons. The van der Waals surface area contributed by atoms with Gasteiger partial charge in [-0.15, -0.1) is 0 Å². The Morgan fingerprint density at radius 2 is 1.00 bits per heavy atom. The van der Waals surface area contributed by atoms with E-state index < -0.39 is 0 Å². The predicted octanol–water partition coefficient (Wildman–Crippen LogP) is 13.5. The fourth-order valence-electron chi connectivity index (χ4n) is 8.17. The maximum absolute atomic E-state index is 6.55. The van der Waals surface area contributed by atoms with Crippen LogP contribution in [0.3, 0.4) is 0 Å². The molecule has 0 unspecified atom stereocenters. The van der Waals surface area contributed by atoms with Crippen LogP contribution >= 0.6 is 0 Å². The molecule has 0 bridgehead atoms. The lowest BCUT2D eigenvalue weighted by Crippen LogP contribution is -1.93. The van der Waals surface area contributed by atoms with Crippen LogP contribution in [0.15, 0.2) is 168 Å². The Morgan fingerprint density at radius 3 is 1.73 bits per heavy atom. The van der Waals surface area contributed by atoms with E-state index in [-0.39, 0.29) is 0 Å². The Hall–Kier alpha value is -6.18. The second kappa shape index (κ2) is 11.2. The second-order valence-corrected chi connectivity index (χ2v) is 13.1. The molecular weight excluding hydrogens is 593 g/mol. The summed E-state index contributed by atoms with van der Waals surface area (Å²) < 4.78 is 6.55. The Morgan fingerprint density at radius 1 is 0.408 bits per heavy atom. The molecule has 1 nitrogen and oxygen atoms in total. The molecule has 0 spiro atoms. The molecule has 49 heavy (non-hydrogen) atoms. The summed E-state index contributed by atoms with van der Waals surface area (Å²) in [5.74, 6) is 0. The monoisotopic (exact) mass is 624 g/mol.